The standard InChI is InChI=1S/C20H26N2O4/c1-5-6-10-17(20(24)26-4)22-19(23)16(12-14(2)21-22)13-15-9-7-8-11-18(15)25-3/h7-9,11-12,17H,5-6,10,13H2,1-4H3. The van der Waals surface area contributed by atoms with Crippen LogP contribution < -0.4 is 10.3 Å². The van der Waals surface area contributed by atoms with Gasteiger partial charge in [-0.15, -0.1) is 0 Å². The van der Waals surface area contributed by atoms with Crippen LogP contribution in [0.1, 0.15) is 49.0 Å². The van der Waals surface area contributed by atoms with E-state index >= 15 is 0 Å². The number of hydrogen-bond acceptors (Lipinski definition) is 5. The Morgan fingerprint density at radius 3 is 2.62 bits per heavy atom. The number of carbonyl (C=O) groups excluding carboxylic acids is 1. The summed E-state index contributed by atoms with van der Waals surface area (Å²) in [5.74, 6) is 0.283. The van der Waals surface area contributed by atoms with E-state index in [1.807, 2.05) is 38.1 Å². The summed E-state index contributed by atoms with van der Waals surface area (Å²) in [5.41, 5.74) is 1.90. The van der Waals surface area contributed by atoms with Crippen LogP contribution in [0.5, 0.6) is 5.75 Å². The van der Waals surface area contributed by atoms with Crippen LogP contribution in [0.15, 0.2) is 35.1 Å². The van der Waals surface area contributed by atoms with Gasteiger partial charge in [0.05, 0.1) is 19.9 Å². The molecule has 0 aliphatic heterocycles. The van der Waals surface area contributed by atoms with Crippen molar-refractivity contribution in [1.82, 2.24) is 9.78 Å². The number of aromatic nitrogens is 2. The fraction of sp³-hybridized carbons (Fsp3) is 0.450. The Balaban J connectivity index is 2.46. The lowest BCUT2D eigenvalue weighted by atomic mass is 10.0. The van der Waals surface area contributed by atoms with Crippen molar-refractivity contribution in [1.29, 1.82) is 0 Å². The quantitative estimate of drug-likeness (QED) is 0.678. The Labute approximate surface area is 153 Å². The number of ether oxygens (including phenoxy) is 2. The predicted molar refractivity (Wildman–Crippen MR) is 99.6 cm³/mol. The summed E-state index contributed by atoms with van der Waals surface area (Å²) in [6.07, 6.45) is 2.66. The Kier molecular flexibility index (Phi) is 6.95. The van der Waals surface area contributed by atoms with E-state index in [0.29, 0.717) is 24.1 Å². The van der Waals surface area contributed by atoms with E-state index in [-0.39, 0.29) is 5.56 Å². The zero-order valence-corrected chi connectivity index (χ0v) is 15.8. The van der Waals surface area contributed by atoms with Gasteiger partial charge in [0.25, 0.3) is 5.56 Å². The molecule has 0 radical (unpaired) electrons. The number of benzene rings is 1. The number of rotatable bonds is 8. The molecular formula is C20H26N2O4. The first-order chi connectivity index (χ1) is 12.5. The van der Waals surface area contributed by atoms with Gasteiger partial charge in [-0.05, 0) is 31.0 Å². The van der Waals surface area contributed by atoms with Crippen LogP contribution in [0, 0.1) is 6.92 Å². The van der Waals surface area contributed by atoms with Crippen LogP contribution in [-0.4, -0.2) is 30.0 Å². The van der Waals surface area contributed by atoms with Crippen LogP contribution in [0.4, 0.5) is 0 Å². The molecule has 0 saturated carbocycles. The molecule has 2 aromatic rings. The molecule has 0 fully saturated rings. The smallest absolute Gasteiger partial charge is 0.330 e. The first-order valence-electron chi connectivity index (χ1n) is 8.80. The van der Waals surface area contributed by atoms with Crippen molar-refractivity contribution in [3.05, 3.63) is 57.5 Å². The number of esters is 1. The lowest BCUT2D eigenvalue weighted by Crippen LogP contribution is -2.35. The molecule has 1 heterocycles. The van der Waals surface area contributed by atoms with Gasteiger partial charge in [0.15, 0.2) is 6.04 Å². The summed E-state index contributed by atoms with van der Waals surface area (Å²) in [6, 6.07) is 8.63. The fourth-order valence-electron chi connectivity index (χ4n) is 2.97. The largest absolute Gasteiger partial charge is 0.496 e. The van der Waals surface area contributed by atoms with Gasteiger partial charge < -0.3 is 9.47 Å². The van der Waals surface area contributed by atoms with Crippen molar-refractivity contribution in [2.24, 2.45) is 0 Å². The van der Waals surface area contributed by atoms with Crippen molar-refractivity contribution in [2.45, 2.75) is 45.6 Å². The lowest BCUT2D eigenvalue weighted by Gasteiger charge is -2.18. The van der Waals surface area contributed by atoms with Crippen LogP contribution in [0.25, 0.3) is 0 Å². The molecule has 1 aromatic heterocycles. The molecule has 6 nitrogen and oxygen atoms in total. The van der Waals surface area contributed by atoms with Crippen molar-refractivity contribution < 1.29 is 14.3 Å². The van der Waals surface area contributed by atoms with Gasteiger partial charge in [-0.2, -0.15) is 5.10 Å². The van der Waals surface area contributed by atoms with Gasteiger partial charge in [0, 0.05) is 12.0 Å². The summed E-state index contributed by atoms with van der Waals surface area (Å²) >= 11 is 0. The summed E-state index contributed by atoms with van der Waals surface area (Å²) in [4.78, 5) is 25.2. The zero-order chi connectivity index (χ0) is 19.1. The maximum atomic E-state index is 13.0. The SMILES string of the molecule is CCCCC(C(=O)OC)n1nc(C)cc(Cc2ccccc2OC)c1=O. The Hall–Kier alpha value is -2.63. The van der Waals surface area contributed by atoms with Gasteiger partial charge >= 0.3 is 5.97 Å². The molecule has 1 aromatic carbocycles. The van der Waals surface area contributed by atoms with E-state index in [1.165, 1.54) is 11.8 Å². The van der Waals surface area contributed by atoms with Crippen LogP contribution >= 0.6 is 0 Å². The molecule has 1 unspecified atom stereocenters. The number of methoxy groups -OCH3 is 2. The van der Waals surface area contributed by atoms with E-state index in [0.717, 1.165) is 24.2 Å². The number of carbonyl (C=O) groups is 1. The van der Waals surface area contributed by atoms with E-state index < -0.39 is 12.0 Å². The Morgan fingerprint density at radius 1 is 1.23 bits per heavy atom. The molecule has 26 heavy (non-hydrogen) atoms. The number of unbranched alkanes of at least 4 members (excludes halogenated alkanes) is 1. The van der Waals surface area contributed by atoms with Crippen LogP contribution in [-0.2, 0) is 16.0 Å². The normalized spacial score (nSPS) is 11.8. The number of aryl methyl sites for hydroxylation is 1. The molecule has 0 amide bonds. The monoisotopic (exact) mass is 358 g/mol. The average molecular weight is 358 g/mol. The minimum Gasteiger partial charge on any atom is -0.496 e. The summed E-state index contributed by atoms with van der Waals surface area (Å²) in [7, 11) is 2.94. The second-order valence-corrected chi connectivity index (χ2v) is 6.23. The van der Waals surface area contributed by atoms with Crippen molar-refractivity contribution in [2.75, 3.05) is 14.2 Å². The van der Waals surface area contributed by atoms with Crippen LogP contribution in [0.2, 0.25) is 0 Å². The maximum absolute atomic E-state index is 13.0. The second-order valence-electron chi connectivity index (χ2n) is 6.23. The van der Waals surface area contributed by atoms with Gasteiger partial charge in [0.1, 0.15) is 5.75 Å². The fourth-order valence-corrected chi connectivity index (χ4v) is 2.97. The molecule has 0 aliphatic carbocycles. The van der Waals surface area contributed by atoms with E-state index in [4.69, 9.17) is 9.47 Å². The number of para-hydroxylation sites is 1. The molecule has 6 heteroatoms. The summed E-state index contributed by atoms with van der Waals surface area (Å²) in [5, 5.41) is 4.31. The Morgan fingerprint density at radius 2 is 1.96 bits per heavy atom. The van der Waals surface area contributed by atoms with Crippen LogP contribution in [0.3, 0.4) is 0 Å². The van der Waals surface area contributed by atoms with E-state index in [2.05, 4.69) is 5.10 Å². The highest BCUT2D eigenvalue weighted by molar-refractivity contribution is 5.73. The third-order valence-corrected chi connectivity index (χ3v) is 4.30. The van der Waals surface area contributed by atoms with Gasteiger partial charge in [0.2, 0.25) is 0 Å². The molecule has 0 bridgehead atoms. The highest BCUT2D eigenvalue weighted by Gasteiger charge is 2.24. The summed E-state index contributed by atoms with van der Waals surface area (Å²) < 4.78 is 11.5. The maximum Gasteiger partial charge on any atom is 0.330 e. The van der Waals surface area contributed by atoms with E-state index in [9.17, 15) is 9.59 Å². The Bertz CT molecular complexity index is 814. The minimum absolute atomic E-state index is 0.270. The van der Waals surface area contributed by atoms with E-state index in [1.54, 1.807) is 13.2 Å². The van der Waals surface area contributed by atoms with Gasteiger partial charge in [-0.25, -0.2) is 9.48 Å². The second kappa shape index (κ2) is 9.17. The molecule has 0 spiro atoms. The number of nitrogens with zero attached hydrogens (tertiary/aromatic N) is 2. The van der Waals surface area contributed by atoms with Gasteiger partial charge in [-0.3, -0.25) is 4.79 Å². The molecular weight excluding hydrogens is 332 g/mol. The van der Waals surface area contributed by atoms with Crippen molar-refractivity contribution in [3.8, 4) is 5.75 Å². The molecule has 140 valence electrons. The average Bonchev–Trinajstić information content (AvgIpc) is 2.65. The predicted octanol–water partition coefficient (Wildman–Crippen LogP) is 3.06. The third-order valence-electron chi connectivity index (χ3n) is 4.30. The van der Waals surface area contributed by atoms with Crippen molar-refractivity contribution >= 4 is 5.97 Å². The first-order valence-corrected chi connectivity index (χ1v) is 8.80. The highest BCUT2D eigenvalue weighted by atomic mass is 16.5. The third kappa shape index (κ3) is 4.50. The highest BCUT2D eigenvalue weighted by Crippen LogP contribution is 2.21. The molecule has 0 N–H and O–H groups in total. The number of hydrogen-bond donors (Lipinski definition) is 0. The molecule has 1 atom stereocenters. The first kappa shape index (κ1) is 19.7. The summed E-state index contributed by atoms with van der Waals surface area (Å²) in [6.45, 7) is 3.85. The van der Waals surface area contributed by atoms with Crippen molar-refractivity contribution in [3.63, 3.8) is 0 Å². The molecule has 0 aliphatic rings. The van der Waals surface area contributed by atoms with Gasteiger partial charge in [-0.1, -0.05) is 38.0 Å². The lowest BCUT2D eigenvalue weighted by molar-refractivity contribution is -0.145. The molecule has 0 saturated heterocycles. The topological polar surface area (TPSA) is 70.4 Å². The zero-order valence-electron chi connectivity index (χ0n) is 15.8. The minimum atomic E-state index is -0.705. The molecule has 2 rings (SSSR count).